The van der Waals surface area contributed by atoms with Crippen LogP contribution in [0, 0.1) is 0 Å². The molecule has 2 aromatic carbocycles. The van der Waals surface area contributed by atoms with E-state index in [0.29, 0.717) is 15.6 Å². The maximum Gasteiger partial charge on any atom is 1.00 e. The van der Waals surface area contributed by atoms with Gasteiger partial charge in [0.1, 0.15) is 5.01 Å². The number of halogens is 1. The van der Waals surface area contributed by atoms with Crippen LogP contribution >= 0.6 is 22.9 Å². The molecule has 0 aliphatic rings. The monoisotopic (exact) mass is 351 g/mol. The molecule has 0 radical (unpaired) electrons. The number of carbonyl (C=O) groups is 1. The summed E-state index contributed by atoms with van der Waals surface area (Å²) in [6, 6.07) is 16.9. The van der Waals surface area contributed by atoms with E-state index in [1.54, 1.807) is 12.1 Å². The molecule has 0 bridgehead atoms. The van der Waals surface area contributed by atoms with Crippen LogP contribution in [-0.4, -0.2) is 11.0 Å². The van der Waals surface area contributed by atoms with Crippen molar-refractivity contribution in [1.29, 1.82) is 0 Å². The maximum atomic E-state index is 11.0. The SMILES string of the molecule is O=C([O-])Cc1sc(-c2ccccc2)nc1-c1ccc(Cl)cc1.[Na+]. The predicted octanol–water partition coefficient (Wildman–Crippen LogP) is 0.427. The summed E-state index contributed by atoms with van der Waals surface area (Å²) in [6.45, 7) is 0. The van der Waals surface area contributed by atoms with E-state index in [1.807, 2.05) is 42.5 Å². The molecule has 0 saturated heterocycles. The molecule has 1 heterocycles. The zero-order valence-corrected chi connectivity index (χ0v) is 16.0. The number of aliphatic carboxylic acids is 1. The van der Waals surface area contributed by atoms with Crippen LogP contribution in [-0.2, 0) is 11.2 Å². The van der Waals surface area contributed by atoms with E-state index in [1.165, 1.54) is 11.3 Å². The quantitative estimate of drug-likeness (QED) is 0.640. The summed E-state index contributed by atoms with van der Waals surface area (Å²) in [5, 5.41) is 12.4. The largest absolute Gasteiger partial charge is 1.00 e. The number of aromatic nitrogens is 1. The summed E-state index contributed by atoms with van der Waals surface area (Å²) in [5.41, 5.74) is 2.48. The van der Waals surface area contributed by atoms with Crippen LogP contribution in [0.3, 0.4) is 0 Å². The van der Waals surface area contributed by atoms with Gasteiger partial charge in [-0.05, 0) is 12.1 Å². The van der Waals surface area contributed by atoms with Gasteiger partial charge in [-0.25, -0.2) is 4.98 Å². The Kier molecular flexibility index (Phi) is 6.39. The van der Waals surface area contributed by atoms with Gasteiger partial charge in [-0.2, -0.15) is 0 Å². The Bertz CT molecular complexity index is 803. The van der Waals surface area contributed by atoms with Gasteiger partial charge >= 0.3 is 29.6 Å². The number of rotatable bonds is 4. The number of nitrogens with zero attached hydrogens (tertiary/aromatic N) is 1. The van der Waals surface area contributed by atoms with Crippen LogP contribution < -0.4 is 34.7 Å². The topological polar surface area (TPSA) is 53.0 Å². The molecule has 0 atom stereocenters. The minimum absolute atomic E-state index is 0. The van der Waals surface area contributed by atoms with Gasteiger partial charge in [0.05, 0.1) is 5.69 Å². The average molecular weight is 352 g/mol. The molecule has 6 heteroatoms. The molecule has 3 nitrogen and oxygen atoms in total. The first-order valence-electron chi connectivity index (χ1n) is 6.64. The molecule has 110 valence electrons. The first-order chi connectivity index (χ1) is 10.6. The van der Waals surface area contributed by atoms with Crippen molar-refractivity contribution in [2.45, 2.75) is 6.42 Å². The van der Waals surface area contributed by atoms with E-state index in [4.69, 9.17) is 11.6 Å². The third-order valence-corrected chi connectivity index (χ3v) is 4.50. The van der Waals surface area contributed by atoms with Crippen molar-refractivity contribution >= 4 is 28.9 Å². The molecule has 0 fully saturated rings. The van der Waals surface area contributed by atoms with Gasteiger partial charge in [0.2, 0.25) is 0 Å². The van der Waals surface area contributed by atoms with Crippen LogP contribution in [0.15, 0.2) is 54.6 Å². The summed E-state index contributed by atoms with van der Waals surface area (Å²) in [4.78, 5) is 16.3. The molecule has 23 heavy (non-hydrogen) atoms. The fraction of sp³-hybridized carbons (Fsp3) is 0.0588. The fourth-order valence-corrected chi connectivity index (χ4v) is 3.34. The van der Waals surface area contributed by atoms with E-state index in [2.05, 4.69) is 4.98 Å². The van der Waals surface area contributed by atoms with Crippen molar-refractivity contribution < 1.29 is 39.5 Å². The molecule has 0 aliphatic heterocycles. The minimum Gasteiger partial charge on any atom is -0.550 e. The van der Waals surface area contributed by atoms with Crippen molar-refractivity contribution in [2.24, 2.45) is 0 Å². The van der Waals surface area contributed by atoms with E-state index in [-0.39, 0.29) is 36.0 Å². The molecule has 0 saturated carbocycles. The summed E-state index contributed by atoms with van der Waals surface area (Å²) in [6.07, 6.45) is -0.150. The Labute approximate surface area is 165 Å². The number of thiazole rings is 1. The second-order valence-corrected chi connectivity index (χ2v) is 6.23. The first kappa shape index (κ1) is 18.2. The van der Waals surface area contributed by atoms with E-state index < -0.39 is 5.97 Å². The summed E-state index contributed by atoms with van der Waals surface area (Å²) in [5.74, 6) is -1.11. The molecule has 0 N–H and O–H groups in total. The second kappa shape index (κ2) is 8.08. The van der Waals surface area contributed by atoms with Gasteiger partial charge in [0.15, 0.2) is 0 Å². The van der Waals surface area contributed by atoms with E-state index >= 15 is 0 Å². The van der Waals surface area contributed by atoms with E-state index in [0.717, 1.165) is 16.1 Å². The summed E-state index contributed by atoms with van der Waals surface area (Å²) >= 11 is 7.28. The Balaban J connectivity index is 0.00000192. The van der Waals surface area contributed by atoms with Crippen LogP contribution in [0.4, 0.5) is 0 Å². The number of benzene rings is 2. The van der Waals surface area contributed by atoms with Crippen molar-refractivity contribution in [3.63, 3.8) is 0 Å². The molecule has 0 spiro atoms. The van der Waals surface area contributed by atoms with Crippen LogP contribution in [0.25, 0.3) is 21.8 Å². The molecule has 0 unspecified atom stereocenters. The minimum atomic E-state index is -1.11. The molecule has 3 aromatic rings. The van der Waals surface area contributed by atoms with Crippen LogP contribution in [0.2, 0.25) is 5.02 Å². The molecule has 0 amide bonds. The Morgan fingerprint density at radius 1 is 1.04 bits per heavy atom. The third-order valence-electron chi connectivity index (χ3n) is 3.14. The standard InChI is InChI=1S/C17H12ClNO2S.Na/c18-13-8-6-11(7-9-13)16-14(10-15(20)21)22-17(19-16)12-4-2-1-3-5-12;/h1-9H,10H2,(H,20,21);/q;+1/p-1. The number of carboxylic acids is 1. The smallest absolute Gasteiger partial charge is 0.550 e. The zero-order valence-electron chi connectivity index (χ0n) is 12.5. The average Bonchev–Trinajstić information content (AvgIpc) is 2.92. The maximum absolute atomic E-state index is 11.0. The number of carbonyl (C=O) groups excluding carboxylic acids is 1. The van der Waals surface area contributed by atoms with Gasteiger partial charge in [0.25, 0.3) is 0 Å². The molecule has 1 aromatic heterocycles. The zero-order chi connectivity index (χ0) is 15.5. The molecular weight excluding hydrogens is 341 g/mol. The van der Waals surface area contributed by atoms with Crippen molar-refractivity contribution in [1.82, 2.24) is 4.98 Å². The number of hydrogen-bond donors (Lipinski definition) is 0. The Morgan fingerprint density at radius 3 is 2.30 bits per heavy atom. The van der Waals surface area contributed by atoms with Gasteiger partial charge in [-0.15, -0.1) is 11.3 Å². The molecule has 0 aliphatic carbocycles. The summed E-state index contributed by atoms with van der Waals surface area (Å²) in [7, 11) is 0. The second-order valence-electron chi connectivity index (χ2n) is 4.71. The summed E-state index contributed by atoms with van der Waals surface area (Å²) < 4.78 is 0. The Morgan fingerprint density at radius 2 is 1.70 bits per heavy atom. The van der Waals surface area contributed by atoms with Gasteiger partial charge in [-0.1, -0.05) is 54.1 Å². The van der Waals surface area contributed by atoms with Gasteiger partial charge in [0, 0.05) is 33.4 Å². The molecule has 3 rings (SSSR count). The number of hydrogen-bond acceptors (Lipinski definition) is 4. The first-order valence-corrected chi connectivity index (χ1v) is 7.84. The Hall–Kier alpha value is -1.17. The molecular formula is C17H11ClNNaO2S. The van der Waals surface area contributed by atoms with E-state index in [9.17, 15) is 9.90 Å². The van der Waals surface area contributed by atoms with Crippen LogP contribution in [0.5, 0.6) is 0 Å². The predicted molar refractivity (Wildman–Crippen MR) is 86.7 cm³/mol. The van der Waals surface area contributed by atoms with Crippen molar-refractivity contribution in [3.05, 3.63) is 64.5 Å². The number of carboxylic acid groups (broad SMARTS) is 1. The fourth-order valence-electron chi connectivity index (χ4n) is 2.14. The van der Waals surface area contributed by atoms with Crippen molar-refractivity contribution in [3.8, 4) is 21.8 Å². The normalized spacial score (nSPS) is 10.1. The van der Waals surface area contributed by atoms with Crippen molar-refractivity contribution in [2.75, 3.05) is 0 Å². The van der Waals surface area contributed by atoms with Gasteiger partial charge in [-0.3, -0.25) is 0 Å². The van der Waals surface area contributed by atoms with Crippen LogP contribution in [0.1, 0.15) is 4.88 Å². The third kappa shape index (κ3) is 4.43. The van der Waals surface area contributed by atoms with Gasteiger partial charge < -0.3 is 9.90 Å².